The molecule has 1 saturated carbocycles. The second-order valence-corrected chi connectivity index (χ2v) is 8.36. The Labute approximate surface area is 176 Å². The first-order valence-corrected chi connectivity index (χ1v) is 10.6. The predicted molar refractivity (Wildman–Crippen MR) is 116 cm³/mol. The summed E-state index contributed by atoms with van der Waals surface area (Å²) < 4.78 is 8.35. The lowest BCUT2D eigenvalue weighted by molar-refractivity contribution is -0.105. The molecule has 30 heavy (non-hydrogen) atoms. The standard InChI is InChI=1S/C24H26N4O2/c1-27-22(29)15-20(18-9-13-25-14-10-18)26-23(27)28-16-21(19-7-3-2-4-8-19)30-24(17-28)11-5-6-12-24/h2-4,7-10,13-15,21H,5-6,11-12,16-17H2,1H3. The fourth-order valence-electron chi connectivity index (χ4n) is 4.76. The van der Waals surface area contributed by atoms with Crippen molar-refractivity contribution < 1.29 is 4.74 Å². The van der Waals surface area contributed by atoms with E-state index in [9.17, 15) is 4.79 Å². The van der Waals surface area contributed by atoms with Gasteiger partial charge in [0.15, 0.2) is 0 Å². The normalized spacial score (nSPS) is 20.6. The lowest BCUT2D eigenvalue weighted by Crippen LogP contribution is -2.53. The number of nitrogens with zero attached hydrogens (tertiary/aromatic N) is 4. The van der Waals surface area contributed by atoms with Crippen molar-refractivity contribution in [3.05, 3.63) is 76.8 Å². The van der Waals surface area contributed by atoms with E-state index in [0.717, 1.165) is 24.9 Å². The maximum absolute atomic E-state index is 12.8. The van der Waals surface area contributed by atoms with Crippen LogP contribution in [0, 0.1) is 0 Å². The minimum Gasteiger partial charge on any atom is -0.363 e. The second-order valence-electron chi connectivity index (χ2n) is 8.36. The predicted octanol–water partition coefficient (Wildman–Crippen LogP) is 3.73. The summed E-state index contributed by atoms with van der Waals surface area (Å²) in [5, 5.41) is 0. The van der Waals surface area contributed by atoms with Crippen molar-refractivity contribution in [2.75, 3.05) is 18.0 Å². The van der Waals surface area contributed by atoms with E-state index >= 15 is 0 Å². The largest absolute Gasteiger partial charge is 0.363 e. The zero-order valence-electron chi connectivity index (χ0n) is 17.2. The van der Waals surface area contributed by atoms with E-state index < -0.39 is 0 Å². The number of ether oxygens (including phenoxy) is 1. The molecular formula is C24H26N4O2. The third kappa shape index (κ3) is 3.52. The molecule has 3 aromatic rings. The van der Waals surface area contributed by atoms with Crippen LogP contribution < -0.4 is 10.5 Å². The smallest absolute Gasteiger partial charge is 0.255 e. The first-order chi connectivity index (χ1) is 14.6. The number of anilines is 1. The Morgan fingerprint density at radius 3 is 2.53 bits per heavy atom. The van der Waals surface area contributed by atoms with Crippen LogP contribution in [0.2, 0.25) is 0 Å². The third-order valence-electron chi connectivity index (χ3n) is 6.31. The average Bonchev–Trinajstić information content (AvgIpc) is 3.23. The summed E-state index contributed by atoms with van der Waals surface area (Å²) in [5.41, 5.74) is 2.51. The van der Waals surface area contributed by atoms with Crippen molar-refractivity contribution in [1.29, 1.82) is 0 Å². The van der Waals surface area contributed by atoms with Gasteiger partial charge in [0.05, 0.1) is 17.8 Å². The number of pyridine rings is 1. The Hall–Kier alpha value is -2.99. The molecule has 6 nitrogen and oxygen atoms in total. The molecule has 1 spiro atoms. The summed E-state index contributed by atoms with van der Waals surface area (Å²) in [6.45, 7) is 1.43. The third-order valence-corrected chi connectivity index (χ3v) is 6.31. The number of benzene rings is 1. The van der Waals surface area contributed by atoms with Crippen LogP contribution >= 0.6 is 0 Å². The van der Waals surface area contributed by atoms with Gasteiger partial charge in [-0.3, -0.25) is 14.3 Å². The van der Waals surface area contributed by atoms with Gasteiger partial charge in [-0.2, -0.15) is 0 Å². The van der Waals surface area contributed by atoms with Gasteiger partial charge in [0.2, 0.25) is 5.95 Å². The number of aromatic nitrogens is 3. The Bertz CT molecular complexity index is 1080. The van der Waals surface area contributed by atoms with Crippen LogP contribution in [0.1, 0.15) is 37.4 Å². The van der Waals surface area contributed by atoms with Crippen molar-refractivity contribution in [2.24, 2.45) is 7.05 Å². The fourth-order valence-corrected chi connectivity index (χ4v) is 4.76. The molecule has 0 radical (unpaired) electrons. The highest BCUT2D eigenvalue weighted by atomic mass is 16.5. The molecule has 2 fully saturated rings. The zero-order chi connectivity index (χ0) is 20.6. The Kier molecular flexibility index (Phi) is 4.87. The minimum atomic E-state index is -0.177. The van der Waals surface area contributed by atoms with Gasteiger partial charge in [-0.25, -0.2) is 4.98 Å². The molecule has 154 valence electrons. The van der Waals surface area contributed by atoms with Crippen molar-refractivity contribution >= 4 is 5.95 Å². The summed E-state index contributed by atoms with van der Waals surface area (Å²) in [6, 6.07) is 15.7. The molecule has 6 heteroatoms. The number of rotatable bonds is 3. The van der Waals surface area contributed by atoms with E-state index in [1.807, 2.05) is 18.2 Å². The van der Waals surface area contributed by atoms with E-state index in [1.165, 1.54) is 18.4 Å². The quantitative estimate of drug-likeness (QED) is 0.668. The summed E-state index contributed by atoms with van der Waals surface area (Å²) in [5.74, 6) is 0.699. The van der Waals surface area contributed by atoms with Crippen LogP contribution in [0.5, 0.6) is 0 Å². The van der Waals surface area contributed by atoms with E-state index in [0.29, 0.717) is 18.2 Å². The molecule has 2 aromatic heterocycles. The average molecular weight is 402 g/mol. The highest BCUT2D eigenvalue weighted by Gasteiger charge is 2.44. The maximum Gasteiger partial charge on any atom is 0.255 e. The molecule has 1 atom stereocenters. The fraction of sp³-hybridized carbons (Fsp3) is 0.375. The van der Waals surface area contributed by atoms with Crippen LogP contribution in [0.4, 0.5) is 5.95 Å². The van der Waals surface area contributed by atoms with Crippen molar-refractivity contribution in [3.8, 4) is 11.3 Å². The topological polar surface area (TPSA) is 60.2 Å². The van der Waals surface area contributed by atoms with E-state index in [-0.39, 0.29) is 17.3 Å². The molecule has 1 aliphatic carbocycles. The molecule has 1 saturated heterocycles. The summed E-state index contributed by atoms with van der Waals surface area (Å²) in [4.78, 5) is 24.0. The van der Waals surface area contributed by atoms with Gasteiger partial charge >= 0.3 is 0 Å². The van der Waals surface area contributed by atoms with Gasteiger partial charge < -0.3 is 9.64 Å². The molecule has 1 aromatic carbocycles. The van der Waals surface area contributed by atoms with Crippen LogP contribution in [-0.2, 0) is 11.8 Å². The Morgan fingerprint density at radius 1 is 1.07 bits per heavy atom. The molecule has 0 N–H and O–H groups in total. The van der Waals surface area contributed by atoms with E-state index in [1.54, 1.807) is 30.1 Å². The van der Waals surface area contributed by atoms with E-state index in [4.69, 9.17) is 9.72 Å². The number of hydrogen-bond donors (Lipinski definition) is 0. The molecule has 0 bridgehead atoms. The maximum atomic E-state index is 12.8. The Balaban J connectivity index is 1.56. The van der Waals surface area contributed by atoms with Crippen LogP contribution in [0.15, 0.2) is 65.7 Å². The monoisotopic (exact) mass is 402 g/mol. The number of hydrogen-bond acceptors (Lipinski definition) is 5. The number of morpholine rings is 1. The molecule has 1 unspecified atom stereocenters. The van der Waals surface area contributed by atoms with Crippen molar-refractivity contribution in [1.82, 2.24) is 14.5 Å². The lowest BCUT2D eigenvalue weighted by atomic mass is 9.96. The highest BCUT2D eigenvalue weighted by molar-refractivity contribution is 5.59. The van der Waals surface area contributed by atoms with Gasteiger partial charge in [0.1, 0.15) is 6.10 Å². The van der Waals surface area contributed by atoms with Crippen LogP contribution in [0.25, 0.3) is 11.3 Å². The SMILES string of the molecule is Cn1c(N2CC(c3ccccc3)OC3(CCCC3)C2)nc(-c2ccncc2)cc1=O. The minimum absolute atomic E-state index is 0.0421. The molecule has 2 aliphatic rings. The Morgan fingerprint density at radius 2 is 1.80 bits per heavy atom. The van der Waals surface area contributed by atoms with E-state index in [2.05, 4.69) is 34.1 Å². The van der Waals surface area contributed by atoms with Crippen molar-refractivity contribution in [2.45, 2.75) is 37.4 Å². The van der Waals surface area contributed by atoms with Crippen molar-refractivity contribution in [3.63, 3.8) is 0 Å². The summed E-state index contributed by atoms with van der Waals surface area (Å²) in [7, 11) is 1.80. The van der Waals surface area contributed by atoms with Crippen LogP contribution in [-0.4, -0.2) is 33.2 Å². The van der Waals surface area contributed by atoms with Gasteiger partial charge in [-0.15, -0.1) is 0 Å². The molecule has 0 amide bonds. The molecular weight excluding hydrogens is 376 g/mol. The molecule has 3 heterocycles. The molecule has 5 rings (SSSR count). The molecule has 1 aliphatic heterocycles. The van der Waals surface area contributed by atoms with Gasteiger partial charge in [-0.05, 0) is 30.5 Å². The van der Waals surface area contributed by atoms with Gasteiger partial charge in [-0.1, -0.05) is 43.2 Å². The second kappa shape index (κ2) is 7.69. The lowest BCUT2D eigenvalue weighted by Gasteiger charge is -2.45. The first kappa shape index (κ1) is 19.0. The van der Waals surface area contributed by atoms with Gasteiger partial charge in [0.25, 0.3) is 5.56 Å². The van der Waals surface area contributed by atoms with Gasteiger partial charge in [0, 0.05) is 37.6 Å². The summed E-state index contributed by atoms with van der Waals surface area (Å²) >= 11 is 0. The first-order valence-electron chi connectivity index (χ1n) is 10.6. The summed E-state index contributed by atoms with van der Waals surface area (Å²) in [6.07, 6.45) is 7.86. The zero-order valence-corrected chi connectivity index (χ0v) is 17.2. The van der Waals surface area contributed by atoms with Crippen LogP contribution in [0.3, 0.4) is 0 Å². The highest BCUT2D eigenvalue weighted by Crippen LogP contribution is 2.42.